The first-order chi connectivity index (χ1) is 18.3. The van der Waals surface area contributed by atoms with Gasteiger partial charge in [-0.15, -0.1) is 0 Å². The molecule has 4 aromatic heterocycles. The quantitative estimate of drug-likeness (QED) is 0.388. The van der Waals surface area contributed by atoms with Gasteiger partial charge in [-0.2, -0.15) is 10.2 Å². The Kier molecular flexibility index (Phi) is 4.91. The summed E-state index contributed by atoms with van der Waals surface area (Å²) in [6.45, 7) is 2.41. The summed E-state index contributed by atoms with van der Waals surface area (Å²) in [5, 5.41) is 17.4. The summed E-state index contributed by atoms with van der Waals surface area (Å²) >= 11 is 0. The first-order valence-corrected chi connectivity index (χ1v) is 13.5. The summed E-state index contributed by atoms with van der Waals surface area (Å²) in [4.78, 5) is 11.9. The smallest absolute Gasteiger partial charge is 0.163 e. The Morgan fingerprint density at radius 1 is 0.919 bits per heavy atom. The minimum atomic E-state index is 0.488. The third kappa shape index (κ3) is 3.43. The maximum Gasteiger partial charge on any atom is 0.163 e. The summed E-state index contributed by atoms with van der Waals surface area (Å²) in [5.41, 5.74) is 7.32. The first kappa shape index (κ1) is 21.5. The SMILES string of the molecule is c1cc(-c2c(-c3ccncc3)nn3c(C4CCC(N5C[C@@H]6C[C@@H]5CN6)CC4)ccnc23)c2cn[nH]c2c1. The van der Waals surface area contributed by atoms with Crippen LogP contribution in [0.15, 0.2) is 61.2 Å². The molecule has 1 saturated carbocycles. The monoisotopic (exact) mass is 490 g/mol. The molecule has 1 aliphatic carbocycles. The van der Waals surface area contributed by atoms with E-state index in [1.165, 1.54) is 50.9 Å². The number of benzene rings is 1. The lowest BCUT2D eigenvalue weighted by atomic mass is 9.83. The molecule has 0 amide bonds. The second kappa shape index (κ2) is 8.46. The summed E-state index contributed by atoms with van der Waals surface area (Å²) in [6.07, 6.45) is 13.8. The molecule has 5 aromatic rings. The van der Waals surface area contributed by atoms with Gasteiger partial charge in [-0.25, -0.2) is 9.50 Å². The van der Waals surface area contributed by atoms with Crippen LogP contribution < -0.4 is 5.32 Å². The van der Waals surface area contributed by atoms with Crippen molar-refractivity contribution < 1.29 is 0 Å². The Hall–Kier alpha value is -3.62. The highest BCUT2D eigenvalue weighted by Gasteiger charge is 2.42. The second-order valence-electron chi connectivity index (χ2n) is 10.9. The van der Waals surface area contributed by atoms with Gasteiger partial charge >= 0.3 is 0 Å². The highest BCUT2D eigenvalue weighted by molar-refractivity contribution is 6.02. The molecule has 1 aromatic carbocycles. The van der Waals surface area contributed by atoms with Gasteiger partial charge in [0, 0.05) is 72.4 Å². The summed E-state index contributed by atoms with van der Waals surface area (Å²) in [6, 6.07) is 14.7. The maximum absolute atomic E-state index is 5.23. The number of fused-ring (bicyclic) bond motifs is 4. The zero-order valence-electron chi connectivity index (χ0n) is 20.7. The molecule has 8 nitrogen and oxygen atoms in total. The van der Waals surface area contributed by atoms with Crippen molar-refractivity contribution in [3.8, 4) is 22.4 Å². The Labute approximate surface area is 215 Å². The molecule has 2 atom stereocenters. The molecule has 8 heteroatoms. The van der Waals surface area contributed by atoms with E-state index in [-0.39, 0.29) is 0 Å². The van der Waals surface area contributed by atoms with Gasteiger partial charge in [0.15, 0.2) is 5.65 Å². The van der Waals surface area contributed by atoms with Crippen LogP contribution in [0.5, 0.6) is 0 Å². The fourth-order valence-electron chi connectivity index (χ4n) is 7.16. The molecule has 2 N–H and O–H groups in total. The lowest BCUT2D eigenvalue weighted by Crippen LogP contribution is -2.49. The Morgan fingerprint density at radius 2 is 1.81 bits per heavy atom. The van der Waals surface area contributed by atoms with Gasteiger partial charge in [0.25, 0.3) is 0 Å². The van der Waals surface area contributed by atoms with Crippen molar-refractivity contribution >= 4 is 16.6 Å². The molecular weight excluding hydrogens is 460 g/mol. The maximum atomic E-state index is 5.23. The Bertz CT molecular complexity index is 1580. The molecule has 186 valence electrons. The van der Waals surface area contributed by atoms with Crippen LogP contribution in [-0.4, -0.2) is 65.9 Å². The van der Waals surface area contributed by atoms with E-state index in [2.05, 4.69) is 54.2 Å². The Morgan fingerprint density at radius 3 is 2.62 bits per heavy atom. The van der Waals surface area contributed by atoms with E-state index in [0.29, 0.717) is 5.92 Å². The van der Waals surface area contributed by atoms with Crippen molar-refractivity contribution in [1.29, 1.82) is 0 Å². The highest BCUT2D eigenvalue weighted by Crippen LogP contribution is 2.41. The van der Waals surface area contributed by atoms with Gasteiger partial charge in [-0.3, -0.25) is 15.0 Å². The molecule has 0 unspecified atom stereocenters. The topological polar surface area (TPSA) is 87.0 Å². The number of nitrogens with zero attached hydrogens (tertiary/aromatic N) is 6. The van der Waals surface area contributed by atoms with Crippen LogP contribution in [0, 0.1) is 0 Å². The number of likely N-dealkylation sites (tertiary alicyclic amines) is 1. The fraction of sp³-hybridized carbons (Fsp3) is 0.379. The average molecular weight is 491 g/mol. The number of H-pyrrole nitrogens is 1. The van der Waals surface area contributed by atoms with Gasteiger partial charge < -0.3 is 5.32 Å². The van der Waals surface area contributed by atoms with Crippen LogP contribution in [0.25, 0.3) is 38.9 Å². The summed E-state index contributed by atoms with van der Waals surface area (Å²) < 4.78 is 2.12. The molecule has 2 saturated heterocycles. The summed E-state index contributed by atoms with van der Waals surface area (Å²) in [7, 11) is 0. The minimum absolute atomic E-state index is 0.488. The molecule has 3 fully saturated rings. The van der Waals surface area contributed by atoms with Crippen LogP contribution in [0.1, 0.15) is 43.7 Å². The van der Waals surface area contributed by atoms with E-state index in [4.69, 9.17) is 10.1 Å². The lowest BCUT2D eigenvalue weighted by molar-refractivity contribution is 0.120. The van der Waals surface area contributed by atoms with Gasteiger partial charge in [0.2, 0.25) is 0 Å². The van der Waals surface area contributed by atoms with Crippen LogP contribution in [0.3, 0.4) is 0 Å². The van der Waals surface area contributed by atoms with Crippen LogP contribution >= 0.6 is 0 Å². The number of rotatable bonds is 4. The van der Waals surface area contributed by atoms with Crippen LogP contribution in [-0.2, 0) is 0 Å². The van der Waals surface area contributed by atoms with E-state index in [1.807, 2.05) is 36.9 Å². The molecule has 3 aliphatic rings. The first-order valence-electron chi connectivity index (χ1n) is 13.5. The zero-order valence-corrected chi connectivity index (χ0v) is 20.7. The lowest BCUT2D eigenvalue weighted by Gasteiger charge is -2.39. The molecule has 2 aliphatic heterocycles. The fourth-order valence-corrected chi connectivity index (χ4v) is 7.16. The van der Waals surface area contributed by atoms with E-state index < -0.39 is 0 Å². The third-order valence-corrected chi connectivity index (χ3v) is 8.94. The summed E-state index contributed by atoms with van der Waals surface area (Å²) in [5.74, 6) is 0.488. The van der Waals surface area contributed by atoms with Crippen molar-refractivity contribution in [2.45, 2.75) is 56.1 Å². The molecule has 8 rings (SSSR count). The molecule has 0 radical (unpaired) electrons. The van der Waals surface area contributed by atoms with E-state index in [0.717, 1.165) is 57.1 Å². The highest BCUT2D eigenvalue weighted by atomic mass is 15.3. The van der Waals surface area contributed by atoms with Gasteiger partial charge in [-0.05, 0) is 61.9 Å². The predicted octanol–water partition coefficient (Wildman–Crippen LogP) is 4.41. The van der Waals surface area contributed by atoms with Gasteiger partial charge in [0.1, 0.15) is 5.69 Å². The van der Waals surface area contributed by atoms with Crippen molar-refractivity contribution in [3.63, 3.8) is 0 Å². The number of nitrogens with one attached hydrogen (secondary N) is 2. The number of aromatic amines is 1. The minimum Gasteiger partial charge on any atom is -0.311 e. The van der Waals surface area contributed by atoms with Crippen LogP contribution in [0.4, 0.5) is 0 Å². The number of piperazine rings is 1. The number of hydrogen-bond acceptors (Lipinski definition) is 6. The van der Waals surface area contributed by atoms with Gasteiger partial charge in [0.05, 0.1) is 17.3 Å². The largest absolute Gasteiger partial charge is 0.311 e. The number of pyridine rings is 1. The zero-order chi connectivity index (χ0) is 24.3. The van der Waals surface area contributed by atoms with Crippen LogP contribution in [0.2, 0.25) is 0 Å². The Balaban J connectivity index is 1.21. The van der Waals surface area contributed by atoms with E-state index in [9.17, 15) is 0 Å². The molecule has 37 heavy (non-hydrogen) atoms. The number of hydrogen-bond donors (Lipinski definition) is 2. The number of aromatic nitrogens is 6. The van der Waals surface area contributed by atoms with E-state index >= 15 is 0 Å². The van der Waals surface area contributed by atoms with Crippen molar-refractivity contribution in [2.75, 3.05) is 13.1 Å². The molecule has 0 spiro atoms. The normalized spacial score (nSPS) is 25.9. The average Bonchev–Trinajstić information content (AvgIpc) is 3.76. The molecule has 6 heterocycles. The van der Waals surface area contributed by atoms with E-state index in [1.54, 1.807) is 0 Å². The predicted molar refractivity (Wildman–Crippen MR) is 143 cm³/mol. The van der Waals surface area contributed by atoms with Gasteiger partial charge in [-0.1, -0.05) is 12.1 Å². The molecular formula is C29H30N8. The van der Waals surface area contributed by atoms with Crippen molar-refractivity contribution in [3.05, 3.63) is 66.9 Å². The second-order valence-corrected chi connectivity index (χ2v) is 10.9. The molecule has 2 bridgehead atoms. The van der Waals surface area contributed by atoms with Crippen molar-refractivity contribution in [2.24, 2.45) is 0 Å². The third-order valence-electron chi connectivity index (χ3n) is 8.94. The van der Waals surface area contributed by atoms with Crippen molar-refractivity contribution in [1.82, 2.24) is 40.0 Å². The standard InChI is InChI=1S/C29H30N8/c1-2-23(24-16-33-34-25(24)3-1)27-28(19-8-11-30-12-9-19)35-37-26(10-13-31-29(27)37)18-4-6-21(7-5-18)36-17-20-14-22(36)15-32-20/h1-3,8-13,16,18,20-22,32H,4-7,14-15,17H2,(H,33,34)/t18?,20-,21?,22+/m0/s1.